The van der Waals surface area contributed by atoms with E-state index >= 15 is 0 Å². The Morgan fingerprint density at radius 2 is 1.51 bits per heavy atom. The topological polar surface area (TPSA) is 92.3 Å². The molecule has 0 saturated carbocycles. The van der Waals surface area contributed by atoms with E-state index in [9.17, 15) is 30.0 Å². The molecule has 3 rings (SSSR count). The van der Waals surface area contributed by atoms with Crippen LogP contribution in [0.3, 0.4) is 0 Å². The molecule has 0 heterocycles. The van der Waals surface area contributed by atoms with E-state index in [2.05, 4.69) is 22.4 Å². The molecule has 0 saturated heterocycles. The van der Waals surface area contributed by atoms with Crippen molar-refractivity contribution < 1.29 is 30.0 Å². The van der Waals surface area contributed by atoms with E-state index in [4.69, 9.17) is 0 Å². The first-order valence-corrected chi connectivity index (χ1v) is 16.3. The van der Waals surface area contributed by atoms with Gasteiger partial charge < -0.3 is 0 Å². The first-order chi connectivity index (χ1) is 18.2. The molecule has 1 aliphatic rings. The molecule has 2 atom stereocenters. The number of hydrogen-bond donors (Lipinski definition) is 2. The van der Waals surface area contributed by atoms with Gasteiger partial charge in [0, 0.05) is 13.1 Å². The van der Waals surface area contributed by atoms with Crippen LogP contribution in [0.2, 0.25) is 0 Å². The van der Waals surface area contributed by atoms with Gasteiger partial charge in [-0.1, -0.05) is 49.4 Å². The Kier molecular flexibility index (Phi) is 10.4. The summed E-state index contributed by atoms with van der Waals surface area (Å²) in [6.07, 6.45) is 1.04. The average molecular weight is 587 g/mol. The number of allylic oxidation sites excluding steroid dienone is 2. The van der Waals surface area contributed by atoms with Crippen molar-refractivity contribution in [3.63, 3.8) is 0 Å². The molecule has 0 spiro atoms. The number of benzene rings is 2. The van der Waals surface area contributed by atoms with Crippen LogP contribution in [0.25, 0.3) is 5.57 Å². The zero-order valence-electron chi connectivity index (χ0n) is 22.5. The predicted octanol–water partition coefficient (Wildman–Crippen LogP) is 5.51. The Morgan fingerprint density at radius 1 is 0.897 bits per heavy atom. The third-order valence-electron chi connectivity index (χ3n) is 7.18. The second kappa shape index (κ2) is 13.0. The maximum atomic E-state index is 12.7. The van der Waals surface area contributed by atoms with E-state index in [1.165, 1.54) is 17.7 Å². The Balaban J connectivity index is 1.46. The van der Waals surface area contributed by atoms with Gasteiger partial charge in [0.2, 0.25) is 20.0 Å². The molecule has 2 aromatic carbocycles. The zero-order valence-corrected chi connectivity index (χ0v) is 24.1. The summed E-state index contributed by atoms with van der Waals surface area (Å²) in [6, 6.07) is 12.1. The van der Waals surface area contributed by atoms with Crippen LogP contribution in [0.5, 0.6) is 0 Å². The van der Waals surface area contributed by atoms with E-state index in [-0.39, 0.29) is 23.8 Å². The minimum atomic E-state index is -4.46. The molecule has 0 fully saturated rings. The number of rotatable bonds is 12. The lowest BCUT2D eigenvalue weighted by atomic mass is 9.80. The zero-order chi connectivity index (χ0) is 28.8. The standard InChI is InChI=1S/C28H37F3N2O4S2/c1-20(2)39(36,37)33-18-21(3)24-10-12-26(13-11-24)25-8-4-22(5-9-25)16-17-32-38(34,35)19-23-6-14-27(15-7-23)28(29,30)31/h4-9,12,14-15,20-21,24,32-33H,10-11,13,16-19H2,1-3H3. The molecule has 39 heavy (non-hydrogen) atoms. The normalized spacial score (nSPS) is 17.7. The van der Waals surface area contributed by atoms with Crippen LogP contribution in [-0.4, -0.2) is 35.2 Å². The number of alkyl halides is 3. The van der Waals surface area contributed by atoms with Crippen LogP contribution in [0.4, 0.5) is 13.2 Å². The van der Waals surface area contributed by atoms with E-state index < -0.39 is 37.0 Å². The van der Waals surface area contributed by atoms with Gasteiger partial charge >= 0.3 is 6.18 Å². The van der Waals surface area contributed by atoms with E-state index in [0.29, 0.717) is 18.9 Å². The second-order valence-corrected chi connectivity index (χ2v) is 14.6. The highest BCUT2D eigenvalue weighted by Gasteiger charge is 2.30. The summed E-state index contributed by atoms with van der Waals surface area (Å²) >= 11 is 0. The van der Waals surface area contributed by atoms with Crippen molar-refractivity contribution in [2.75, 3.05) is 13.1 Å². The molecule has 2 aromatic rings. The summed E-state index contributed by atoms with van der Waals surface area (Å²) in [7, 11) is -6.95. The minimum absolute atomic E-state index is 0.186. The molecule has 1 aliphatic carbocycles. The van der Waals surface area contributed by atoms with Gasteiger partial charge in [-0.15, -0.1) is 0 Å². The molecule has 0 aliphatic heterocycles. The summed E-state index contributed by atoms with van der Waals surface area (Å²) < 4.78 is 92.0. The number of nitrogens with one attached hydrogen (secondary N) is 2. The van der Waals surface area contributed by atoms with Gasteiger partial charge in [0.25, 0.3) is 0 Å². The lowest BCUT2D eigenvalue weighted by molar-refractivity contribution is -0.137. The Morgan fingerprint density at radius 3 is 2.05 bits per heavy atom. The van der Waals surface area contributed by atoms with Crippen LogP contribution < -0.4 is 9.44 Å². The SMILES string of the molecule is CC(CNS(=O)(=O)C(C)C)C1CC=C(c2ccc(CCNS(=O)(=O)Cc3ccc(C(F)(F)F)cc3)cc2)CC1. The van der Waals surface area contributed by atoms with Crippen molar-refractivity contribution in [1.82, 2.24) is 9.44 Å². The number of sulfonamides is 2. The van der Waals surface area contributed by atoms with Crippen LogP contribution in [0.15, 0.2) is 54.6 Å². The monoisotopic (exact) mass is 586 g/mol. The van der Waals surface area contributed by atoms with Crippen LogP contribution >= 0.6 is 0 Å². The summed E-state index contributed by atoms with van der Waals surface area (Å²) in [5.74, 6) is 0.266. The molecule has 2 unspecified atom stereocenters. The van der Waals surface area contributed by atoms with E-state index in [1.54, 1.807) is 13.8 Å². The maximum absolute atomic E-state index is 12.7. The molecular formula is C28H37F3N2O4S2. The quantitative estimate of drug-likeness (QED) is 0.343. The van der Waals surface area contributed by atoms with Crippen molar-refractivity contribution in [2.45, 2.75) is 63.6 Å². The Labute approximate surface area is 230 Å². The Bertz CT molecular complexity index is 1340. The summed E-state index contributed by atoms with van der Waals surface area (Å²) in [6.45, 7) is 6.04. The molecule has 2 N–H and O–H groups in total. The average Bonchev–Trinajstić information content (AvgIpc) is 2.87. The first kappa shape index (κ1) is 31.3. The molecule has 0 bridgehead atoms. The summed E-state index contributed by atoms with van der Waals surface area (Å²) in [4.78, 5) is 0. The largest absolute Gasteiger partial charge is 0.416 e. The Hall–Kier alpha value is -2.21. The summed E-state index contributed by atoms with van der Waals surface area (Å²) in [5, 5.41) is -0.446. The van der Waals surface area contributed by atoms with Gasteiger partial charge in [0.1, 0.15) is 0 Å². The molecule has 6 nitrogen and oxygen atoms in total. The van der Waals surface area contributed by atoms with Crippen molar-refractivity contribution >= 4 is 25.6 Å². The van der Waals surface area contributed by atoms with E-state index in [1.807, 2.05) is 24.3 Å². The van der Waals surface area contributed by atoms with Gasteiger partial charge in [0.05, 0.1) is 16.6 Å². The highest BCUT2D eigenvalue weighted by atomic mass is 32.2. The van der Waals surface area contributed by atoms with Crippen molar-refractivity contribution in [3.05, 3.63) is 76.9 Å². The fraction of sp³-hybridized carbons (Fsp3) is 0.500. The molecular weight excluding hydrogens is 549 g/mol. The van der Waals surface area contributed by atoms with Gasteiger partial charge in [-0.3, -0.25) is 0 Å². The highest BCUT2D eigenvalue weighted by Crippen LogP contribution is 2.34. The first-order valence-electron chi connectivity index (χ1n) is 13.1. The number of hydrogen-bond acceptors (Lipinski definition) is 4. The van der Waals surface area contributed by atoms with Gasteiger partial charge in [-0.05, 0) is 85.8 Å². The highest BCUT2D eigenvalue weighted by molar-refractivity contribution is 7.90. The van der Waals surface area contributed by atoms with Crippen LogP contribution in [0.1, 0.15) is 62.3 Å². The van der Waals surface area contributed by atoms with Crippen LogP contribution in [0, 0.1) is 11.8 Å². The predicted molar refractivity (Wildman–Crippen MR) is 149 cm³/mol. The molecule has 11 heteroatoms. The fourth-order valence-corrected chi connectivity index (χ4v) is 6.49. The number of halogens is 3. The lowest BCUT2D eigenvalue weighted by Gasteiger charge is -2.28. The smallest absolute Gasteiger partial charge is 0.215 e. The van der Waals surface area contributed by atoms with Gasteiger partial charge in [0.15, 0.2) is 0 Å². The van der Waals surface area contributed by atoms with E-state index in [0.717, 1.165) is 42.5 Å². The summed E-state index contributed by atoms with van der Waals surface area (Å²) in [5.41, 5.74) is 2.81. The van der Waals surface area contributed by atoms with Gasteiger partial charge in [-0.25, -0.2) is 26.3 Å². The maximum Gasteiger partial charge on any atom is 0.416 e. The van der Waals surface area contributed by atoms with Crippen molar-refractivity contribution in [2.24, 2.45) is 11.8 Å². The van der Waals surface area contributed by atoms with Crippen LogP contribution in [-0.2, 0) is 38.4 Å². The molecule has 0 amide bonds. The van der Waals surface area contributed by atoms with Crippen molar-refractivity contribution in [3.8, 4) is 0 Å². The molecule has 0 aromatic heterocycles. The molecule has 216 valence electrons. The molecule has 0 radical (unpaired) electrons. The minimum Gasteiger partial charge on any atom is -0.215 e. The second-order valence-electron chi connectivity index (χ2n) is 10.5. The third-order valence-corrected chi connectivity index (χ3v) is 10.3. The van der Waals surface area contributed by atoms with Crippen molar-refractivity contribution in [1.29, 1.82) is 0 Å². The van der Waals surface area contributed by atoms with Gasteiger partial charge in [-0.2, -0.15) is 13.2 Å². The third kappa shape index (κ3) is 9.44. The lowest BCUT2D eigenvalue weighted by Crippen LogP contribution is -2.36. The fourth-order valence-electron chi connectivity index (χ4n) is 4.51.